The maximum Gasteiger partial charge on any atom is 0.201 e. The van der Waals surface area contributed by atoms with Crippen molar-refractivity contribution in [2.75, 3.05) is 0 Å². The summed E-state index contributed by atoms with van der Waals surface area (Å²) in [5.41, 5.74) is 6.59. The summed E-state index contributed by atoms with van der Waals surface area (Å²) >= 11 is 6.45. The second-order valence-corrected chi connectivity index (χ2v) is 7.63. The molecule has 5 heteroatoms. The molecule has 1 aliphatic rings. The minimum absolute atomic E-state index is 0.257. The predicted octanol–water partition coefficient (Wildman–Crippen LogP) is 4.47. The van der Waals surface area contributed by atoms with Crippen LogP contribution in [0.4, 0.5) is 0 Å². The number of aromatic nitrogens is 3. The van der Waals surface area contributed by atoms with Crippen molar-refractivity contribution >= 4 is 28.3 Å². The van der Waals surface area contributed by atoms with Gasteiger partial charge >= 0.3 is 0 Å². The summed E-state index contributed by atoms with van der Waals surface area (Å²) in [5.74, 6) is 0.553. The average Bonchev–Trinajstić information content (AvgIpc) is 2.58. The van der Waals surface area contributed by atoms with Crippen LogP contribution in [0.3, 0.4) is 0 Å². The molecular formula is C20H19ClN4. The Balaban J connectivity index is 1.97. The summed E-state index contributed by atoms with van der Waals surface area (Å²) in [5, 5.41) is 9.50. The molecule has 0 saturated heterocycles. The van der Waals surface area contributed by atoms with Gasteiger partial charge in [0.25, 0.3) is 0 Å². The van der Waals surface area contributed by atoms with Gasteiger partial charge in [0.05, 0.1) is 11.1 Å². The van der Waals surface area contributed by atoms with E-state index in [0.717, 1.165) is 44.9 Å². The van der Waals surface area contributed by atoms with E-state index in [1.165, 1.54) is 5.56 Å². The molecule has 4 rings (SSSR count). The van der Waals surface area contributed by atoms with Crippen LogP contribution in [0.2, 0.25) is 5.02 Å². The maximum atomic E-state index is 6.45. The zero-order chi connectivity index (χ0) is 17.8. The van der Waals surface area contributed by atoms with E-state index in [1.807, 2.05) is 30.3 Å². The zero-order valence-electron chi connectivity index (χ0n) is 14.8. The first-order valence-electron chi connectivity index (χ1n) is 8.34. The normalized spacial score (nSPS) is 15.8. The van der Waals surface area contributed by atoms with Gasteiger partial charge in [-0.3, -0.25) is 4.99 Å². The lowest BCUT2D eigenvalue weighted by atomic mass is 9.86. The summed E-state index contributed by atoms with van der Waals surface area (Å²) in [7, 11) is 0. The van der Waals surface area contributed by atoms with Gasteiger partial charge in [0.2, 0.25) is 5.82 Å². The lowest BCUT2D eigenvalue weighted by molar-refractivity contribution is 0.513. The fourth-order valence-electron chi connectivity index (χ4n) is 3.30. The Morgan fingerprint density at radius 2 is 1.84 bits per heavy atom. The fourth-order valence-corrected chi connectivity index (χ4v) is 3.55. The molecule has 1 aromatic heterocycles. The van der Waals surface area contributed by atoms with Crippen LogP contribution in [-0.2, 0) is 6.42 Å². The summed E-state index contributed by atoms with van der Waals surface area (Å²) in [4.78, 5) is 9.72. The highest BCUT2D eigenvalue weighted by Crippen LogP contribution is 2.33. The Labute approximate surface area is 152 Å². The third-order valence-corrected chi connectivity index (χ3v) is 5.11. The highest BCUT2D eigenvalue weighted by atomic mass is 35.5. The van der Waals surface area contributed by atoms with Crippen molar-refractivity contribution in [2.45, 2.75) is 39.7 Å². The van der Waals surface area contributed by atoms with Crippen LogP contribution >= 0.6 is 11.6 Å². The molecule has 0 N–H and O–H groups in total. The van der Waals surface area contributed by atoms with Gasteiger partial charge in [-0.05, 0) is 62.9 Å². The molecule has 4 nitrogen and oxygen atoms in total. The Kier molecular flexibility index (Phi) is 3.62. The van der Waals surface area contributed by atoms with E-state index >= 15 is 0 Å². The lowest BCUT2D eigenvalue weighted by Crippen LogP contribution is -2.30. The number of hydrogen-bond acceptors (Lipinski definition) is 4. The van der Waals surface area contributed by atoms with Crippen molar-refractivity contribution in [1.82, 2.24) is 15.2 Å². The third kappa shape index (κ3) is 2.71. The summed E-state index contributed by atoms with van der Waals surface area (Å²) in [6.07, 6.45) is 0.796. The zero-order valence-corrected chi connectivity index (χ0v) is 15.5. The number of rotatable bonds is 1. The second kappa shape index (κ2) is 5.60. The quantitative estimate of drug-likeness (QED) is 0.650. The number of aryl methyl sites for hydroxylation is 2. The molecule has 0 fully saturated rings. The molecule has 0 amide bonds. The molecule has 0 spiro atoms. The van der Waals surface area contributed by atoms with Crippen LogP contribution in [0.5, 0.6) is 0 Å². The van der Waals surface area contributed by atoms with Crippen LogP contribution in [-0.4, -0.2) is 26.4 Å². The third-order valence-electron chi connectivity index (χ3n) is 4.76. The van der Waals surface area contributed by atoms with Gasteiger partial charge < -0.3 is 0 Å². The molecule has 126 valence electrons. The molecule has 0 radical (unpaired) electrons. The topological polar surface area (TPSA) is 51.0 Å². The smallest absolute Gasteiger partial charge is 0.201 e. The molecule has 0 unspecified atom stereocenters. The van der Waals surface area contributed by atoms with Gasteiger partial charge in [-0.2, -0.15) is 0 Å². The summed E-state index contributed by atoms with van der Waals surface area (Å²) in [6.45, 7) is 8.34. The molecule has 2 aromatic carbocycles. The first-order chi connectivity index (χ1) is 11.9. The van der Waals surface area contributed by atoms with Crippen molar-refractivity contribution in [2.24, 2.45) is 4.99 Å². The van der Waals surface area contributed by atoms with E-state index in [-0.39, 0.29) is 5.54 Å². The minimum atomic E-state index is -0.257. The number of aliphatic imine (C=N–C) groups is 1. The Morgan fingerprint density at radius 1 is 1.04 bits per heavy atom. The second-order valence-electron chi connectivity index (χ2n) is 7.23. The van der Waals surface area contributed by atoms with Crippen LogP contribution in [0.1, 0.15) is 41.9 Å². The molecule has 2 heterocycles. The van der Waals surface area contributed by atoms with E-state index in [9.17, 15) is 0 Å². The van der Waals surface area contributed by atoms with Crippen LogP contribution in [0.25, 0.3) is 11.0 Å². The van der Waals surface area contributed by atoms with Crippen molar-refractivity contribution in [3.8, 4) is 0 Å². The molecule has 1 aliphatic heterocycles. The number of benzene rings is 2. The van der Waals surface area contributed by atoms with Gasteiger partial charge in [0.1, 0.15) is 11.2 Å². The molecule has 0 aliphatic carbocycles. The monoisotopic (exact) mass is 350 g/mol. The number of nitrogens with zero attached hydrogens (tertiary/aromatic N) is 4. The molecule has 0 bridgehead atoms. The Hall–Kier alpha value is -2.33. The van der Waals surface area contributed by atoms with Crippen LogP contribution in [0.15, 0.2) is 35.3 Å². The maximum absolute atomic E-state index is 6.45. The average molecular weight is 351 g/mol. The van der Waals surface area contributed by atoms with E-state index in [1.54, 1.807) is 0 Å². The van der Waals surface area contributed by atoms with E-state index in [0.29, 0.717) is 5.82 Å². The van der Waals surface area contributed by atoms with Gasteiger partial charge in [0.15, 0.2) is 0 Å². The highest BCUT2D eigenvalue weighted by molar-refractivity contribution is 6.32. The predicted molar refractivity (Wildman–Crippen MR) is 102 cm³/mol. The largest absolute Gasteiger partial charge is 0.274 e. The molecule has 25 heavy (non-hydrogen) atoms. The SMILES string of the molecule is Cc1ccc2nnc(C3=NC(C)(C)Cc4c(Cl)cccc43)nc2c1C. The van der Waals surface area contributed by atoms with Crippen molar-refractivity contribution in [1.29, 1.82) is 0 Å². The van der Waals surface area contributed by atoms with Gasteiger partial charge in [-0.25, -0.2) is 4.98 Å². The van der Waals surface area contributed by atoms with Gasteiger partial charge in [-0.15, -0.1) is 10.2 Å². The van der Waals surface area contributed by atoms with E-state index in [4.69, 9.17) is 21.6 Å². The van der Waals surface area contributed by atoms with E-state index in [2.05, 4.69) is 37.9 Å². The van der Waals surface area contributed by atoms with Crippen molar-refractivity contribution in [3.63, 3.8) is 0 Å². The molecule has 0 saturated carbocycles. The minimum Gasteiger partial charge on any atom is -0.274 e. The van der Waals surface area contributed by atoms with Crippen molar-refractivity contribution < 1.29 is 0 Å². The molecule has 0 atom stereocenters. The lowest BCUT2D eigenvalue weighted by Gasteiger charge is -2.29. The number of fused-ring (bicyclic) bond motifs is 2. The molecular weight excluding hydrogens is 332 g/mol. The number of hydrogen-bond donors (Lipinski definition) is 0. The summed E-state index contributed by atoms with van der Waals surface area (Å²) in [6, 6.07) is 9.90. The summed E-state index contributed by atoms with van der Waals surface area (Å²) < 4.78 is 0. The van der Waals surface area contributed by atoms with Gasteiger partial charge in [-0.1, -0.05) is 29.8 Å². The molecule has 3 aromatic rings. The van der Waals surface area contributed by atoms with Crippen LogP contribution in [0, 0.1) is 13.8 Å². The first-order valence-corrected chi connectivity index (χ1v) is 8.72. The van der Waals surface area contributed by atoms with Crippen LogP contribution < -0.4 is 0 Å². The van der Waals surface area contributed by atoms with Gasteiger partial charge in [0, 0.05) is 10.6 Å². The highest BCUT2D eigenvalue weighted by Gasteiger charge is 2.30. The first kappa shape index (κ1) is 16.2. The van der Waals surface area contributed by atoms with Crippen molar-refractivity contribution in [3.05, 3.63) is 63.4 Å². The number of halogens is 1. The van der Waals surface area contributed by atoms with E-state index < -0.39 is 0 Å². The fraction of sp³-hybridized carbons (Fsp3) is 0.300. The Morgan fingerprint density at radius 3 is 2.64 bits per heavy atom. The Bertz CT molecular complexity index is 1040. The standard InChI is InChI=1S/C20H19ClN4/c1-11-8-9-16-17(12(11)2)22-19(25-24-16)18-13-6-5-7-15(21)14(13)10-20(3,4)23-18/h5-9H,10H2,1-4H3.